The van der Waals surface area contributed by atoms with E-state index in [1.54, 1.807) is 25.3 Å². The van der Waals surface area contributed by atoms with E-state index in [0.29, 0.717) is 27.0 Å². The zero-order chi connectivity index (χ0) is 14.0. The number of hydrogen-bond donors (Lipinski definition) is 2. The van der Waals surface area contributed by atoms with Crippen molar-refractivity contribution in [2.75, 3.05) is 18.2 Å². The molecule has 2 aromatic rings. The van der Waals surface area contributed by atoms with Gasteiger partial charge in [0.25, 0.3) is 5.91 Å². The third-order valence-electron chi connectivity index (χ3n) is 2.61. The van der Waals surface area contributed by atoms with Crippen LogP contribution in [0.1, 0.15) is 15.2 Å². The third-order valence-corrected chi connectivity index (χ3v) is 4.31. The Morgan fingerprint density at radius 2 is 2.21 bits per heavy atom. The number of carbonyl (C=O) groups is 1. The van der Waals surface area contributed by atoms with Crippen LogP contribution >= 0.6 is 22.9 Å². The van der Waals surface area contributed by atoms with Crippen molar-refractivity contribution < 1.29 is 9.53 Å². The van der Waals surface area contributed by atoms with Gasteiger partial charge in [0.05, 0.1) is 23.5 Å². The molecule has 0 aliphatic rings. The second kappa shape index (κ2) is 5.50. The second-order valence-electron chi connectivity index (χ2n) is 3.97. The van der Waals surface area contributed by atoms with Crippen molar-refractivity contribution >= 4 is 40.2 Å². The van der Waals surface area contributed by atoms with Gasteiger partial charge in [-0.15, -0.1) is 11.3 Å². The van der Waals surface area contributed by atoms with Crippen LogP contribution in [-0.4, -0.2) is 13.0 Å². The summed E-state index contributed by atoms with van der Waals surface area (Å²) in [4.78, 5) is 12.6. The van der Waals surface area contributed by atoms with Crippen LogP contribution in [0.5, 0.6) is 5.75 Å². The van der Waals surface area contributed by atoms with Gasteiger partial charge in [0, 0.05) is 6.07 Å². The molecule has 1 aromatic heterocycles. The van der Waals surface area contributed by atoms with Gasteiger partial charge < -0.3 is 15.8 Å². The van der Waals surface area contributed by atoms with Gasteiger partial charge in [0.1, 0.15) is 10.6 Å². The predicted octanol–water partition coefficient (Wildman–Crippen LogP) is 3.55. The number of nitrogens with one attached hydrogen (secondary N) is 1. The highest BCUT2D eigenvalue weighted by Gasteiger charge is 2.15. The van der Waals surface area contributed by atoms with Gasteiger partial charge in [-0.25, -0.2) is 0 Å². The number of nitrogens with two attached hydrogens (primary N) is 1. The summed E-state index contributed by atoms with van der Waals surface area (Å²) in [6, 6.07) is 5.07. The maximum atomic E-state index is 12.1. The number of aryl methyl sites for hydroxylation is 1. The van der Waals surface area contributed by atoms with Gasteiger partial charge in [-0.05, 0) is 30.0 Å². The number of thiophene rings is 1. The van der Waals surface area contributed by atoms with Gasteiger partial charge in [0.15, 0.2) is 0 Å². The lowest BCUT2D eigenvalue weighted by Crippen LogP contribution is -2.12. The summed E-state index contributed by atoms with van der Waals surface area (Å²) in [5, 5.41) is 5.05. The minimum absolute atomic E-state index is 0.275. The van der Waals surface area contributed by atoms with E-state index in [1.807, 2.05) is 12.3 Å². The molecule has 0 saturated heterocycles. The largest absolute Gasteiger partial charge is 0.497 e. The first-order valence-electron chi connectivity index (χ1n) is 5.51. The van der Waals surface area contributed by atoms with Crippen molar-refractivity contribution in [1.82, 2.24) is 0 Å². The molecule has 4 nitrogen and oxygen atoms in total. The first kappa shape index (κ1) is 13.7. The molecular formula is C13H13ClN2O2S. The zero-order valence-electron chi connectivity index (χ0n) is 10.5. The average Bonchev–Trinajstić information content (AvgIpc) is 2.73. The Morgan fingerprint density at radius 1 is 1.47 bits per heavy atom. The number of halogens is 1. The Labute approximate surface area is 120 Å². The van der Waals surface area contributed by atoms with Crippen molar-refractivity contribution in [2.45, 2.75) is 6.92 Å². The topological polar surface area (TPSA) is 64.3 Å². The predicted molar refractivity (Wildman–Crippen MR) is 79.4 cm³/mol. The van der Waals surface area contributed by atoms with Crippen LogP contribution in [0, 0.1) is 6.92 Å². The summed E-state index contributed by atoms with van der Waals surface area (Å²) in [6.45, 7) is 1.86. The molecule has 1 amide bonds. The van der Waals surface area contributed by atoms with Crippen LogP contribution in [0.3, 0.4) is 0 Å². The maximum Gasteiger partial charge on any atom is 0.267 e. The molecule has 0 atom stereocenters. The molecule has 0 aliphatic carbocycles. The summed E-state index contributed by atoms with van der Waals surface area (Å²) in [5.41, 5.74) is 7.68. The van der Waals surface area contributed by atoms with Crippen molar-refractivity contribution in [3.8, 4) is 5.75 Å². The van der Waals surface area contributed by atoms with Crippen molar-refractivity contribution in [3.05, 3.63) is 39.0 Å². The SMILES string of the molecule is COc1ccc(N)c(NC(=O)c2scc(C)c2Cl)c1. The minimum Gasteiger partial charge on any atom is -0.497 e. The van der Waals surface area contributed by atoms with Gasteiger partial charge >= 0.3 is 0 Å². The Balaban J connectivity index is 2.26. The van der Waals surface area contributed by atoms with E-state index in [9.17, 15) is 4.79 Å². The molecule has 2 rings (SSSR count). The molecule has 19 heavy (non-hydrogen) atoms. The fourth-order valence-corrected chi connectivity index (χ4v) is 2.71. The van der Waals surface area contributed by atoms with Crippen LogP contribution in [0.15, 0.2) is 23.6 Å². The Bertz CT molecular complexity index is 625. The van der Waals surface area contributed by atoms with Crippen LogP contribution in [0.2, 0.25) is 5.02 Å². The van der Waals surface area contributed by atoms with E-state index >= 15 is 0 Å². The van der Waals surface area contributed by atoms with Crippen molar-refractivity contribution in [2.24, 2.45) is 0 Å². The average molecular weight is 297 g/mol. The van der Waals surface area contributed by atoms with Crippen LogP contribution < -0.4 is 15.8 Å². The fraction of sp³-hybridized carbons (Fsp3) is 0.154. The molecule has 1 heterocycles. The van der Waals surface area contributed by atoms with Crippen LogP contribution in [0.4, 0.5) is 11.4 Å². The minimum atomic E-state index is -0.275. The summed E-state index contributed by atoms with van der Waals surface area (Å²) in [6.07, 6.45) is 0. The molecule has 100 valence electrons. The smallest absolute Gasteiger partial charge is 0.267 e. The maximum absolute atomic E-state index is 12.1. The second-order valence-corrected chi connectivity index (χ2v) is 5.23. The lowest BCUT2D eigenvalue weighted by Gasteiger charge is -2.09. The van der Waals surface area contributed by atoms with E-state index in [-0.39, 0.29) is 5.91 Å². The summed E-state index contributed by atoms with van der Waals surface area (Å²) in [5.74, 6) is 0.348. The highest BCUT2D eigenvalue weighted by molar-refractivity contribution is 7.13. The number of ether oxygens (including phenoxy) is 1. The van der Waals surface area contributed by atoms with Gasteiger partial charge in [-0.2, -0.15) is 0 Å². The summed E-state index contributed by atoms with van der Waals surface area (Å²) >= 11 is 7.37. The van der Waals surface area contributed by atoms with E-state index in [1.165, 1.54) is 11.3 Å². The lowest BCUT2D eigenvalue weighted by molar-refractivity contribution is 0.103. The molecule has 0 radical (unpaired) electrons. The fourth-order valence-electron chi connectivity index (χ4n) is 1.53. The number of hydrogen-bond acceptors (Lipinski definition) is 4. The Hall–Kier alpha value is -1.72. The molecule has 0 unspecified atom stereocenters. The van der Waals surface area contributed by atoms with Crippen LogP contribution in [0.25, 0.3) is 0 Å². The quantitative estimate of drug-likeness (QED) is 0.851. The number of benzene rings is 1. The first-order valence-corrected chi connectivity index (χ1v) is 6.77. The van der Waals surface area contributed by atoms with Gasteiger partial charge in [-0.1, -0.05) is 11.6 Å². The number of carbonyl (C=O) groups excluding carboxylic acids is 1. The molecule has 0 spiro atoms. The van der Waals surface area contributed by atoms with E-state index < -0.39 is 0 Å². The molecule has 3 N–H and O–H groups in total. The molecule has 0 fully saturated rings. The number of nitrogen functional groups attached to an aromatic ring is 1. The van der Waals surface area contributed by atoms with E-state index in [4.69, 9.17) is 22.1 Å². The first-order chi connectivity index (χ1) is 9.02. The molecule has 6 heteroatoms. The Kier molecular flexibility index (Phi) is 3.97. The van der Waals surface area contributed by atoms with Gasteiger partial charge in [0.2, 0.25) is 0 Å². The van der Waals surface area contributed by atoms with Crippen molar-refractivity contribution in [1.29, 1.82) is 0 Å². The highest BCUT2D eigenvalue weighted by Crippen LogP contribution is 2.30. The number of methoxy groups -OCH3 is 1. The summed E-state index contributed by atoms with van der Waals surface area (Å²) in [7, 11) is 1.55. The monoisotopic (exact) mass is 296 g/mol. The standard InChI is InChI=1S/C13H13ClN2O2S/c1-7-6-19-12(11(7)14)13(17)16-10-5-8(18-2)3-4-9(10)15/h3-6H,15H2,1-2H3,(H,16,17). The zero-order valence-corrected chi connectivity index (χ0v) is 12.1. The van der Waals surface area contributed by atoms with E-state index in [0.717, 1.165) is 5.56 Å². The van der Waals surface area contributed by atoms with E-state index in [2.05, 4.69) is 5.32 Å². The molecular weight excluding hydrogens is 284 g/mol. The lowest BCUT2D eigenvalue weighted by atomic mass is 10.2. The Morgan fingerprint density at radius 3 is 2.79 bits per heavy atom. The number of amides is 1. The highest BCUT2D eigenvalue weighted by atomic mass is 35.5. The summed E-state index contributed by atoms with van der Waals surface area (Å²) < 4.78 is 5.09. The number of rotatable bonds is 3. The normalized spacial score (nSPS) is 10.3. The van der Waals surface area contributed by atoms with Gasteiger partial charge in [-0.3, -0.25) is 4.79 Å². The number of anilines is 2. The molecule has 0 aliphatic heterocycles. The third kappa shape index (κ3) is 2.83. The molecule has 1 aromatic carbocycles. The van der Waals surface area contributed by atoms with Crippen LogP contribution in [-0.2, 0) is 0 Å². The van der Waals surface area contributed by atoms with Crippen molar-refractivity contribution in [3.63, 3.8) is 0 Å². The molecule has 0 bridgehead atoms. The molecule has 0 saturated carbocycles.